The van der Waals surface area contributed by atoms with Crippen LogP contribution in [0, 0.1) is 13.8 Å². The summed E-state index contributed by atoms with van der Waals surface area (Å²) >= 11 is 0. The van der Waals surface area contributed by atoms with Crippen molar-refractivity contribution in [3.8, 4) is 0 Å². The van der Waals surface area contributed by atoms with Crippen LogP contribution in [0.3, 0.4) is 0 Å². The first kappa shape index (κ1) is 10.5. The van der Waals surface area contributed by atoms with Crippen molar-refractivity contribution in [1.29, 1.82) is 0 Å². The number of aryl methyl sites for hydroxylation is 2. The zero-order chi connectivity index (χ0) is 10.8. The molecule has 0 aliphatic heterocycles. The van der Waals surface area contributed by atoms with Gasteiger partial charge in [0.2, 0.25) is 0 Å². The molecule has 2 nitrogen and oxygen atoms in total. The predicted octanol–water partition coefficient (Wildman–Crippen LogP) is 2.60. The van der Waals surface area contributed by atoms with E-state index < -0.39 is 0 Å². The maximum Gasteiger partial charge on any atom is 0.0412 e. The van der Waals surface area contributed by atoms with Crippen molar-refractivity contribution in [2.75, 3.05) is 5.32 Å². The fraction of sp³-hybridized carbons (Fsp3) is 0.538. The summed E-state index contributed by atoms with van der Waals surface area (Å²) in [7, 11) is 0. The summed E-state index contributed by atoms with van der Waals surface area (Å²) in [5.41, 5.74) is 9.91. The minimum absolute atomic E-state index is 0.324. The standard InChI is InChI=1S/C13H20N2/c1-9-6-7-10(2)13(8-9)15-12-5-3-4-11(12)14/h6-8,11-12,15H,3-5,14H2,1-2H3/t11-,12+/m1/s1. The molecule has 2 rings (SSSR count). The number of hydrogen-bond donors (Lipinski definition) is 2. The van der Waals surface area contributed by atoms with Crippen molar-refractivity contribution >= 4 is 5.69 Å². The lowest BCUT2D eigenvalue weighted by Crippen LogP contribution is -2.35. The molecule has 1 aliphatic carbocycles. The molecule has 0 bridgehead atoms. The second kappa shape index (κ2) is 4.23. The molecule has 15 heavy (non-hydrogen) atoms. The Morgan fingerprint density at radius 2 is 2.07 bits per heavy atom. The van der Waals surface area contributed by atoms with E-state index in [0.29, 0.717) is 12.1 Å². The second-order valence-electron chi connectivity index (χ2n) is 4.66. The minimum Gasteiger partial charge on any atom is -0.381 e. The summed E-state index contributed by atoms with van der Waals surface area (Å²) in [6.45, 7) is 4.27. The average Bonchev–Trinajstić information content (AvgIpc) is 2.58. The van der Waals surface area contributed by atoms with Crippen LogP contribution in [0.5, 0.6) is 0 Å². The third-order valence-corrected chi connectivity index (χ3v) is 3.30. The topological polar surface area (TPSA) is 38.0 Å². The van der Waals surface area contributed by atoms with Gasteiger partial charge >= 0.3 is 0 Å². The summed E-state index contributed by atoms with van der Waals surface area (Å²) in [6, 6.07) is 7.31. The summed E-state index contributed by atoms with van der Waals surface area (Å²) < 4.78 is 0. The fourth-order valence-corrected chi connectivity index (χ4v) is 2.26. The van der Waals surface area contributed by atoms with Crippen molar-refractivity contribution in [2.45, 2.75) is 45.2 Å². The van der Waals surface area contributed by atoms with Gasteiger partial charge in [-0.3, -0.25) is 0 Å². The molecule has 0 unspecified atom stereocenters. The van der Waals surface area contributed by atoms with Gasteiger partial charge in [0.25, 0.3) is 0 Å². The van der Waals surface area contributed by atoms with Crippen LogP contribution in [0.1, 0.15) is 30.4 Å². The number of nitrogens with two attached hydrogens (primary N) is 1. The molecular formula is C13H20N2. The molecule has 0 saturated heterocycles. The summed E-state index contributed by atoms with van der Waals surface area (Å²) in [5.74, 6) is 0. The van der Waals surface area contributed by atoms with E-state index >= 15 is 0 Å². The maximum atomic E-state index is 6.05. The largest absolute Gasteiger partial charge is 0.381 e. The maximum absolute atomic E-state index is 6.05. The number of benzene rings is 1. The van der Waals surface area contributed by atoms with Crippen LogP contribution < -0.4 is 11.1 Å². The van der Waals surface area contributed by atoms with Crippen molar-refractivity contribution in [3.05, 3.63) is 29.3 Å². The van der Waals surface area contributed by atoms with Gasteiger partial charge in [-0.05, 0) is 50.3 Å². The molecule has 1 saturated carbocycles. The van der Waals surface area contributed by atoms with E-state index in [1.54, 1.807) is 0 Å². The smallest absolute Gasteiger partial charge is 0.0412 e. The molecular weight excluding hydrogens is 184 g/mol. The summed E-state index contributed by atoms with van der Waals surface area (Å²) in [4.78, 5) is 0. The van der Waals surface area contributed by atoms with E-state index in [-0.39, 0.29) is 0 Å². The van der Waals surface area contributed by atoms with Crippen LogP contribution in [-0.2, 0) is 0 Å². The predicted molar refractivity (Wildman–Crippen MR) is 65.2 cm³/mol. The van der Waals surface area contributed by atoms with Gasteiger partial charge in [-0.15, -0.1) is 0 Å². The van der Waals surface area contributed by atoms with Crippen LogP contribution in [0.4, 0.5) is 5.69 Å². The Hall–Kier alpha value is -1.02. The highest BCUT2D eigenvalue weighted by molar-refractivity contribution is 5.53. The molecule has 1 aromatic rings. The Kier molecular flexibility index (Phi) is 2.96. The van der Waals surface area contributed by atoms with Gasteiger partial charge in [0.1, 0.15) is 0 Å². The molecule has 3 N–H and O–H groups in total. The molecule has 0 aromatic heterocycles. The van der Waals surface area contributed by atoms with Crippen molar-refractivity contribution < 1.29 is 0 Å². The van der Waals surface area contributed by atoms with E-state index in [1.165, 1.54) is 29.7 Å². The van der Waals surface area contributed by atoms with Gasteiger partial charge in [0, 0.05) is 17.8 Å². The molecule has 0 heterocycles. The normalized spacial score (nSPS) is 25.5. The summed E-state index contributed by atoms with van der Waals surface area (Å²) in [6.07, 6.45) is 3.61. The third kappa shape index (κ3) is 2.32. The molecule has 2 atom stereocenters. The zero-order valence-corrected chi connectivity index (χ0v) is 9.59. The number of rotatable bonds is 2. The fourth-order valence-electron chi connectivity index (χ4n) is 2.26. The number of hydrogen-bond acceptors (Lipinski definition) is 2. The SMILES string of the molecule is Cc1ccc(C)c(N[C@H]2CCC[C@H]2N)c1. The van der Waals surface area contributed by atoms with Gasteiger partial charge in [-0.1, -0.05) is 12.1 Å². The minimum atomic E-state index is 0.324. The van der Waals surface area contributed by atoms with E-state index in [1.807, 2.05) is 0 Å². The van der Waals surface area contributed by atoms with Crippen LogP contribution in [0.2, 0.25) is 0 Å². The van der Waals surface area contributed by atoms with Crippen LogP contribution in [0.25, 0.3) is 0 Å². The molecule has 0 amide bonds. The van der Waals surface area contributed by atoms with Crippen LogP contribution in [0.15, 0.2) is 18.2 Å². The van der Waals surface area contributed by atoms with E-state index in [0.717, 1.165) is 6.42 Å². The molecule has 0 spiro atoms. The Labute approximate surface area is 91.9 Å². The molecule has 82 valence electrons. The Morgan fingerprint density at radius 1 is 1.27 bits per heavy atom. The highest BCUT2D eigenvalue weighted by Crippen LogP contribution is 2.24. The highest BCUT2D eigenvalue weighted by atomic mass is 15.0. The van der Waals surface area contributed by atoms with Gasteiger partial charge in [-0.2, -0.15) is 0 Å². The lowest BCUT2D eigenvalue weighted by Gasteiger charge is -2.20. The Bertz CT molecular complexity index is 346. The molecule has 1 aliphatic rings. The molecule has 1 aromatic carbocycles. The van der Waals surface area contributed by atoms with E-state index in [9.17, 15) is 0 Å². The first-order chi connectivity index (χ1) is 7.16. The molecule has 1 fully saturated rings. The molecule has 0 radical (unpaired) electrons. The van der Waals surface area contributed by atoms with Crippen molar-refractivity contribution in [1.82, 2.24) is 0 Å². The highest BCUT2D eigenvalue weighted by Gasteiger charge is 2.23. The Balaban J connectivity index is 2.12. The lowest BCUT2D eigenvalue weighted by atomic mass is 10.1. The first-order valence-electron chi connectivity index (χ1n) is 5.76. The van der Waals surface area contributed by atoms with Crippen molar-refractivity contribution in [2.24, 2.45) is 5.73 Å². The summed E-state index contributed by atoms with van der Waals surface area (Å²) in [5, 5.41) is 3.57. The zero-order valence-electron chi connectivity index (χ0n) is 9.59. The Morgan fingerprint density at radius 3 is 2.73 bits per heavy atom. The van der Waals surface area contributed by atoms with Gasteiger partial charge in [0.05, 0.1) is 0 Å². The monoisotopic (exact) mass is 204 g/mol. The number of nitrogens with one attached hydrogen (secondary N) is 1. The lowest BCUT2D eigenvalue weighted by molar-refractivity contribution is 0.637. The number of anilines is 1. The van der Waals surface area contributed by atoms with Gasteiger partial charge < -0.3 is 11.1 Å². The van der Waals surface area contributed by atoms with Gasteiger partial charge in [-0.25, -0.2) is 0 Å². The average molecular weight is 204 g/mol. The van der Waals surface area contributed by atoms with Crippen LogP contribution >= 0.6 is 0 Å². The third-order valence-electron chi connectivity index (χ3n) is 3.30. The van der Waals surface area contributed by atoms with Gasteiger partial charge in [0.15, 0.2) is 0 Å². The van der Waals surface area contributed by atoms with Crippen molar-refractivity contribution in [3.63, 3.8) is 0 Å². The second-order valence-corrected chi connectivity index (χ2v) is 4.66. The first-order valence-corrected chi connectivity index (χ1v) is 5.76. The van der Waals surface area contributed by atoms with Crippen LogP contribution in [-0.4, -0.2) is 12.1 Å². The molecule has 2 heteroatoms. The van der Waals surface area contributed by atoms with E-state index in [2.05, 4.69) is 37.4 Å². The van der Waals surface area contributed by atoms with E-state index in [4.69, 9.17) is 5.73 Å². The quantitative estimate of drug-likeness (QED) is 0.777.